The minimum absolute atomic E-state index is 0.0353. The minimum Gasteiger partial charge on any atom is -0.481 e. The van der Waals surface area contributed by atoms with Crippen LogP contribution in [0.3, 0.4) is 0 Å². The number of carboxylic acid groups (broad SMARTS) is 1. The molecule has 5 nitrogen and oxygen atoms in total. The normalized spacial score (nSPS) is 11.9. The van der Waals surface area contributed by atoms with Gasteiger partial charge in [0, 0.05) is 12.2 Å². The Balaban J connectivity index is 2.94. The molecule has 6 heteroatoms. The largest absolute Gasteiger partial charge is 0.481 e. The van der Waals surface area contributed by atoms with E-state index in [0.717, 1.165) is 0 Å². The molecule has 0 saturated heterocycles. The molecule has 0 amide bonds. The van der Waals surface area contributed by atoms with Crippen LogP contribution in [0.2, 0.25) is 5.02 Å². The number of nitrogens with zero attached hydrogens (tertiary/aromatic N) is 2. The van der Waals surface area contributed by atoms with E-state index in [0.29, 0.717) is 11.4 Å². The van der Waals surface area contributed by atoms with Crippen LogP contribution in [0.25, 0.3) is 0 Å². The molecule has 0 aliphatic rings. The number of rotatable bonds is 5. The lowest BCUT2D eigenvalue weighted by atomic mass is 10.0. The summed E-state index contributed by atoms with van der Waals surface area (Å²) in [7, 11) is 0. The van der Waals surface area contributed by atoms with Gasteiger partial charge in [0.2, 0.25) is 0 Å². The van der Waals surface area contributed by atoms with Gasteiger partial charge in [0.1, 0.15) is 16.9 Å². The third-order valence-corrected chi connectivity index (χ3v) is 2.91. The van der Waals surface area contributed by atoms with Crippen molar-refractivity contribution >= 4 is 23.4 Å². The van der Waals surface area contributed by atoms with Gasteiger partial charge in [0.05, 0.1) is 12.0 Å². The van der Waals surface area contributed by atoms with Gasteiger partial charge in [-0.15, -0.1) is 0 Å². The molecule has 1 aromatic heterocycles. The van der Waals surface area contributed by atoms with Crippen LogP contribution in [-0.2, 0) is 4.79 Å². The summed E-state index contributed by atoms with van der Waals surface area (Å²) >= 11 is 6.00. The Morgan fingerprint density at radius 1 is 1.67 bits per heavy atom. The number of hydrogen-bond donors (Lipinski definition) is 2. The Kier molecular flexibility index (Phi) is 4.93. The van der Waals surface area contributed by atoms with Gasteiger partial charge < -0.3 is 10.4 Å². The van der Waals surface area contributed by atoms with Gasteiger partial charge in [-0.1, -0.05) is 25.4 Å². The van der Waals surface area contributed by atoms with E-state index in [1.54, 1.807) is 0 Å². The maximum absolute atomic E-state index is 10.8. The van der Waals surface area contributed by atoms with Gasteiger partial charge in [-0.3, -0.25) is 4.79 Å². The fraction of sp³-hybridized carbons (Fsp3) is 0.417. The zero-order chi connectivity index (χ0) is 13.7. The van der Waals surface area contributed by atoms with Crippen molar-refractivity contribution in [2.75, 3.05) is 5.32 Å². The van der Waals surface area contributed by atoms with Crippen molar-refractivity contribution in [2.24, 2.45) is 5.92 Å². The minimum atomic E-state index is -0.895. The van der Waals surface area contributed by atoms with Crippen molar-refractivity contribution in [3.05, 3.63) is 22.8 Å². The predicted octanol–water partition coefficient (Wildman–Crippen LogP) is 2.52. The van der Waals surface area contributed by atoms with Gasteiger partial charge >= 0.3 is 5.97 Å². The summed E-state index contributed by atoms with van der Waals surface area (Å²) in [6.45, 7) is 3.81. The summed E-state index contributed by atoms with van der Waals surface area (Å²) in [6.07, 6.45) is 1.43. The number of carbonyl (C=O) groups is 1. The van der Waals surface area contributed by atoms with E-state index in [4.69, 9.17) is 22.0 Å². The van der Waals surface area contributed by atoms with E-state index < -0.39 is 5.97 Å². The smallest absolute Gasteiger partial charge is 0.305 e. The van der Waals surface area contributed by atoms with Crippen molar-refractivity contribution in [1.82, 2.24) is 4.98 Å². The highest BCUT2D eigenvalue weighted by Crippen LogP contribution is 2.25. The van der Waals surface area contributed by atoms with Gasteiger partial charge in [-0.05, 0) is 12.0 Å². The molecule has 1 aromatic rings. The standard InChI is InChI=1S/C12H14ClN3O2/c1-7(2)9(5-10(17)18)16-12-11(13)8(6-14)3-4-15-12/h3-4,7,9H,5H2,1-2H3,(H,15,16)(H,17,18). The summed E-state index contributed by atoms with van der Waals surface area (Å²) in [5.41, 5.74) is 0.312. The monoisotopic (exact) mass is 267 g/mol. The second kappa shape index (κ2) is 6.22. The van der Waals surface area contributed by atoms with Crippen LogP contribution in [0.4, 0.5) is 5.82 Å². The topological polar surface area (TPSA) is 86.0 Å². The SMILES string of the molecule is CC(C)C(CC(=O)O)Nc1nccc(C#N)c1Cl. The quantitative estimate of drug-likeness (QED) is 0.856. The molecule has 0 aromatic carbocycles. The Morgan fingerprint density at radius 2 is 2.33 bits per heavy atom. The van der Waals surface area contributed by atoms with Gasteiger partial charge in [0.25, 0.3) is 0 Å². The predicted molar refractivity (Wildman–Crippen MR) is 68.5 cm³/mol. The third kappa shape index (κ3) is 3.60. The molecule has 0 radical (unpaired) electrons. The lowest BCUT2D eigenvalue weighted by Gasteiger charge is -2.21. The molecule has 0 spiro atoms. The first-order chi connectivity index (χ1) is 8.45. The van der Waals surface area contributed by atoms with E-state index in [9.17, 15) is 4.79 Å². The van der Waals surface area contributed by atoms with Crippen molar-refractivity contribution in [1.29, 1.82) is 5.26 Å². The highest BCUT2D eigenvalue weighted by atomic mass is 35.5. The first-order valence-corrected chi connectivity index (χ1v) is 5.86. The molecule has 0 fully saturated rings. The lowest BCUT2D eigenvalue weighted by molar-refractivity contribution is -0.137. The average Bonchev–Trinajstić information content (AvgIpc) is 2.30. The molecular formula is C12H14ClN3O2. The van der Waals surface area contributed by atoms with Crippen LogP contribution in [0.5, 0.6) is 0 Å². The average molecular weight is 268 g/mol. The van der Waals surface area contributed by atoms with Gasteiger partial charge in [-0.25, -0.2) is 4.98 Å². The number of aliphatic carboxylic acids is 1. The second-order valence-electron chi connectivity index (χ2n) is 4.23. The summed E-state index contributed by atoms with van der Waals surface area (Å²) in [5.74, 6) is -0.450. The molecule has 0 aliphatic heterocycles. The van der Waals surface area contributed by atoms with Crippen LogP contribution in [0.1, 0.15) is 25.8 Å². The van der Waals surface area contributed by atoms with Crippen molar-refractivity contribution < 1.29 is 9.90 Å². The number of nitriles is 1. The number of carboxylic acids is 1. The third-order valence-electron chi connectivity index (χ3n) is 2.53. The van der Waals surface area contributed by atoms with E-state index in [2.05, 4.69) is 10.3 Å². The highest BCUT2D eigenvalue weighted by molar-refractivity contribution is 6.34. The molecule has 1 rings (SSSR count). The van der Waals surface area contributed by atoms with Crippen LogP contribution >= 0.6 is 11.6 Å². The zero-order valence-electron chi connectivity index (χ0n) is 10.1. The molecule has 2 N–H and O–H groups in total. The fourth-order valence-electron chi connectivity index (χ4n) is 1.45. The number of nitrogens with one attached hydrogen (secondary N) is 1. The van der Waals surface area contributed by atoms with Gasteiger partial charge in [-0.2, -0.15) is 5.26 Å². The van der Waals surface area contributed by atoms with Crippen LogP contribution in [-0.4, -0.2) is 22.1 Å². The molecule has 96 valence electrons. The maximum atomic E-state index is 10.8. The highest BCUT2D eigenvalue weighted by Gasteiger charge is 2.19. The number of aromatic nitrogens is 1. The molecule has 0 saturated carbocycles. The molecule has 0 aliphatic carbocycles. The summed E-state index contributed by atoms with van der Waals surface area (Å²) in [5, 5.41) is 20.9. The first-order valence-electron chi connectivity index (χ1n) is 5.48. The Labute approximate surface area is 110 Å². The van der Waals surface area contributed by atoms with E-state index in [1.807, 2.05) is 19.9 Å². The maximum Gasteiger partial charge on any atom is 0.305 e. The number of anilines is 1. The molecule has 1 atom stereocenters. The molecule has 18 heavy (non-hydrogen) atoms. The molecule has 1 unspecified atom stereocenters. The van der Waals surface area contributed by atoms with Crippen LogP contribution < -0.4 is 5.32 Å². The van der Waals surface area contributed by atoms with E-state index in [1.165, 1.54) is 12.3 Å². The number of pyridine rings is 1. The first kappa shape index (κ1) is 14.3. The van der Waals surface area contributed by atoms with Crippen molar-refractivity contribution in [3.8, 4) is 6.07 Å². The van der Waals surface area contributed by atoms with Crippen molar-refractivity contribution in [2.45, 2.75) is 26.3 Å². The molecular weight excluding hydrogens is 254 g/mol. The number of halogens is 1. The lowest BCUT2D eigenvalue weighted by Crippen LogP contribution is -2.29. The molecule has 1 heterocycles. The van der Waals surface area contributed by atoms with Crippen molar-refractivity contribution in [3.63, 3.8) is 0 Å². The Bertz CT molecular complexity index is 483. The summed E-state index contributed by atoms with van der Waals surface area (Å²) < 4.78 is 0. The fourth-order valence-corrected chi connectivity index (χ4v) is 1.66. The number of hydrogen-bond acceptors (Lipinski definition) is 4. The second-order valence-corrected chi connectivity index (χ2v) is 4.60. The zero-order valence-corrected chi connectivity index (χ0v) is 10.9. The summed E-state index contributed by atoms with van der Waals surface area (Å²) in [6, 6.07) is 3.17. The Hall–Kier alpha value is -1.80. The van der Waals surface area contributed by atoms with E-state index >= 15 is 0 Å². The Morgan fingerprint density at radius 3 is 2.83 bits per heavy atom. The van der Waals surface area contributed by atoms with Crippen LogP contribution in [0, 0.1) is 17.2 Å². The molecule has 0 bridgehead atoms. The summed E-state index contributed by atoms with van der Waals surface area (Å²) in [4.78, 5) is 14.8. The van der Waals surface area contributed by atoms with E-state index in [-0.39, 0.29) is 23.4 Å². The van der Waals surface area contributed by atoms with Crippen LogP contribution in [0.15, 0.2) is 12.3 Å². The van der Waals surface area contributed by atoms with Gasteiger partial charge in [0.15, 0.2) is 0 Å².